The van der Waals surface area contributed by atoms with E-state index in [2.05, 4.69) is 79.3 Å². The van der Waals surface area contributed by atoms with Gasteiger partial charge < -0.3 is 4.98 Å². The molecule has 2 atom stereocenters. The topological polar surface area (TPSA) is 19.0 Å². The van der Waals surface area contributed by atoms with E-state index in [0.717, 1.165) is 6.42 Å². The molecule has 0 spiro atoms. The Kier molecular flexibility index (Phi) is 4.86. The van der Waals surface area contributed by atoms with Crippen LogP contribution in [-0.4, -0.2) is 28.5 Å². The molecule has 0 amide bonds. The molecule has 136 valence electrons. The Hall–Kier alpha value is -2.06. The van der Waals surface area contributed by atoms with Gasteiger partial charge in [-0.2, -0.15) is 0 Å². The molecule has 0 aliphatic carbocycles. The number of fused-ring (bicyclic) bond motifs is 1. The Labute approximate surface area is 157 Å². The molecule has 2 nitrogen and oxygen atoms in total. The summed E-state index contributed by atoms with van der Waals surface area (Å²) in [5.41, 5.74) is 6.65. The van der Waals surface area contributed by atoms with Crippen LogP contribution < -0.4 is 0 Å². The summed E-state index contributed by atoms with van der Waals surface area (Å²) in [4.78, 5) is 6.22. The Morgan fingerprint density at radius 3 is 2.81 bits per heavy atom. The minimum Gasteiger partial charge on any atom is -0.361 e. The molecule has 2 aromatic carbocycles. The number of benzene rings is 2. The monoisotopic (exact) mass is 346 g/mol. The normalized spacial score (nSPS) is 19.3. The molecule has 0 radical (unpaired) electrons. The number of hydrogen-bond donors (Lipinski definition) is 1. The van der Waals surface area contributed by atoms with Crippen LogP contribution in [0.3, 0.4) is 0 Å². The first-order valence-corrected chi connectivity index (χ1v) is 10.1. The minimum absolute atomic E-state index is 0.687. The molecule has 0 bridgehead atoms. The van der Waals surface area contributed by atoms with Gasteiger partial charge in [0.1, 0.15) is 0 Å². The average Bonchev–Trinajstić information content (AvgIpc) is 3.28. The summed E-state index contributed by atoms with van der Waals surface area (Å²) in [5, 5.41) is 1.39. The van der Waals surface area contributed by atoms with Crippen LogP contribution in [0.2, 0.25) is 0 Å². The van der Waals surface area contributed by atoms with Crippen LogP contribution in [0.1, 0.15) is 44.2 Å². The lowest BCUT2D eigenvalue weighted by molar-refractivity contribution is 0.186. The Morgan fingerprint density at radius 2 is 2.00 bits per heavy atom. The van der Waals surface area contributed by atoms with Gasteiger partial charge in [-0.1, -0.05) is 42.8 Å². The lowest BCUT2D eigenvalue weighted by Gasteiger charge is -2.30. The Bertz CT molecular complexity index is 892. The van der Waals surface area contributed by atoms with Crippen molar-refractivity contribution in [2.75, 3.05) is 6.54 Å². The highest BCUT2D eigenvalue weighted by molar-refractivity contribution is 5.88. The fourth-order valence-corrected chi connectivity index (χ4v) is 4.50. The van der Waals surface area contributed by atoms with Crippen LogP contribution in [-0.2, 0) is 6.42 Å². The van der Waals surface area contributed by atoms with Gasteiger partial charge in [0.25, 0.3) is 0 Å². The summed E-state index contributed by atoms with van der Waals surface area (Å²) >= 11 is 0. The van der Waals surface area contributed by atoms with Crippen molar-refractivity contribution in [2.24, 2.45) is 0 Å². The second-order valence-electron chi connectivity index (χ2n) is 7.94. The van der Waals surface area contributed by atoms with Gasteiger partial charge in [-0.05, 0) is 74.9 Å². The smallest absolute Gasteiger partial charge is 0.0457 e. The van der Waals surface area contributed by atoms with Gasteiger partial charge >= 0.3 is 0 Å². The Balaban J connectivity index is 1.65. The van der Waals surface area contributed by atoms with E-state index in [4.69, 9.17) is 0 Å². The van der Waals surface area contributed by atoms with Gasteiger partial charge in [0.05, 0.1) is 0 Å². The van der Waals surface area contributed by atoms with E-state index in [9.17, 15) is 0 Å². The summed E-state index contributed by atoms with van der Waals surface area (Å²) in [7, 11) is 0. The van der Waals surface area contributed by atoms with Crippen LogP contribution in [0.4, 0.5) is 0 Å². The SMILES string of the molecule is CCC(C)N1CCC[C@@H]1Cc1c[nH]c2ccc(-c3cccc(C)c3)cc12. The van der Waals surface area contributed by atoms with E-state index in [1.807, 2.05) is 0 Å². The molecule has 0 saturated carbocycles. The molecule has 2 heteroatoms. The zero-order valence-corrected chi connectivity index (χ0v) is 16.3. The molecule has 3 aromatic rings. The van der Waals surface area contributed by atoms with Crippen molar-refractivity contribution in [2.45, 2.75) is 58.5 Å². The first-order chi connectivity index (χ1) is 12.7. The summed E-state index contributed by atoms with van der Waals surface area (Å²) in [6, 6.07) is 17.0. The van der Waals surface area contributed by atoms with Crippen molar-refractivity contribution in [1.82, 2.24) is 9.88 Å². The third-order valence-corrected chi connectivity index (χ3v) is 6.15. The maximum atomic E-state index is 3.49. The van der Waals surface area contributed by atoms with E-state index in [0.29, 0.717) is 12.1 Å². The van der Waals surface area contributed by atoms with Crippen molar-refractivity contribution in [3.8, 4) is 11.1 Å². The van der Waals surface area contributed by atoms with Gasteiger partial charge in [0, 0.05) is 29.2 Å². The number of hydrogen-bond acceptors (Lipinski definition) is 1. The third-order valence-electron chi connectivity index (χ3n) is 6.15. The lowest BCUT2D eigenvalue weighted by Crippen LogP contribution is -2.38. The zero-order chi connectivity index (χ0) is 18.1. The first kappa shape index (κ1) is 17.4. The minimum atomic E-state index is 0.687. The second-order valence-corrected chi connectivity index (χ2v) is 7.94. The van der Waals surface area contributed by atoms with Crippen LogP contribution >= 0.6 is 0 Å². The van der Waals surface area contributed by atoms with Crippen LogP contribution in [0, 0.1) is 6.92 Å². The molecule has 1 N–H and O–H groups in total. The lowest BCUT2D eigenvalue weighted by atomic mass is 9.98. The van der Waals surface area contributed by atoms with E-state index in [1.165, 1.54) is 59.0 Å². The predicted octanol–water partition coefficient (Wildman–Crippen LogP) is 5.95. The summed E-state index contributed by atoms with van der Waals surface area (Å²) in [6.07, 6.45) is 7.29. The third kappa shape index (κ3) is 3.31. The number of nitrogens with one attached hydrogen (secondary N) is 1. The number of aromatic amines is 1. The van der Waals surface area contributed by atoms with Crippen molar-refractivity contribution in [1.29, 1.82) is 0 Å². The standard InChI is InChI=1S/C24H30N2/c1-4-18(3)26-12-6-9-22(26)14-21-16-25-24-11-10-20(15-23(21)24)19-8-5-7-17(2)13-19/h5,7-8,10-11,13,15-16,18,22,25H,4,6,9,12,14H2,1-3H3/t18?,22-/m1/s1. The fourth-order valence-electron chi connectivity index (χ4n) is 4.50. The van der Waals surface area contributed by atoms with E-state index in [1.54, 1.807) is 0 Å². The molecule has 26 heavy (non-hydrogen) atoms. The first-order valence-electron chi connectivity index (χ1n) is 10.1. The highest BCUT2D eigenvalue weighted by Crippen LogP contribution is 2.30. The summed E-state index contributed by atoms with van der Waals surface area (Å²) in [5.74, 6) is 0. The van der Waals surface area contributed by atoms with Crippen molar-refractivity contribution in [3.63, 3.8) is 0 Å². The molecule has 1 aromatic heterocycles. The number of H-pyrrole nitrogens is 1. The zero-order valence-electron chi connectivity index (χ0n) is 16.3. The summed E-state index contributed by atoms with van der Waals surface area (Å²) in [6.45, 7) is 8.10. The van der Waals surface area contributed by atoms with Gasteiger partial charge in [-0.25, -0.2) is 0 Å². The van der Waals surface area contributed by atoms with E-state index >= 15 is 0 Å². The molecule has 2 heterocycles. The quantitative estimate of drug-likeness (QED) is 0.605. The van der Waals surface area contributed by atoms with Crippen LogP contribution in [0.5, 0.6) is 0 Å². The number of nitrogens with zero attached hydrogens (tertiary/aromatic N) is 1. The maximum absolute atomic E-state index is 3.49. The number of likely N-dealkylation sites (tertiary alicyclic amines) is 1. The number of aryl methyl sites for hydroxylation is 1. The van der Waals surface area contributed by atoms with Crippen molar-refractivity contribution >= 4 is 10.9 Å². The van der Waals surface area contributed by atoms with Gasteiger partial charge in [-0.3, -0.25) is 4.90 Å². The molecule has 1 aliphatic rings. The molecular formula is C24H30N2. The number of rotatable bonds is 5. The van der Waals surface area contributed by atoms with Crippen LogP contribution in [0.15, 0.2) is 48.7 Å². The number of aromatic nitrogens is 1. The van der Waals surface area contributed by atoms with Crippen LogP contribution in [0.25, 0.3) is 22.0 Å². The average molecular weight is 347 g/mol. The predicted molar refractivity (Wildman–Crippen MR) is 112 cm³/mol. The molecule has 4 rings (SSSR count). The highest BCUT2D eigenvalue weighted by Gasteiger charge is 2.28. The van der Waals surface area contributed by atoms with E-state index in [-0.39, 0.29) is 0 Å². The van der Waals surface area contributed by atoms with Gasteiger partial charge in [-0.15, -0.1) is 0 Å². The fraction of sp³-hybridized carbons (Fsp3) is 0.417. The van der Waals surface area contributed by atoms with E-state index < -0.39 is 0 Å². The largest absolute Gasteiger partial charge is 0.361 e. The van der Waals surface area contributed by atoms with Gasteiger partial charge in [0.2, 0.25) is 0 Å². The molecule has 1 saturated heterocycles. The molecule has 1 unspecified atom stereocenters. The summed E-state index contributed by atoms with van der Waals surface area (Å²) < 4.78 is 0. The maximum Gasteiger partial charge on any atom is 0.0457 e. The molecule has 1 fully saturated rings. The van der Waals surface area contributed by atoms with Gasteiger partial charge in [0.15, 0.2) is 0 Å². The Morgan fingerprint density at radius 1 is 1.15 bits per heavy atom. The molecule has 1 aliphatic heterocycles. The molecular weight excluding hydrogens is 316 g/mol. The van der Waals surface area contributed by atoms with Crippen molar-refractivity contribution < 1.29 is 0 Å². The van der Waals surface area contributed by atoms with Crippen molar-refractivity contribution in [3.05, 3.63) is 59.8 Å². The second kappa shape index (κ2) is 7.28. The highest BCUT2D eigenvalue weighted by atomic mass is 15.2.